The van der Waals surface area contributed by atoms with Gasteiger partial charge in [-0.05, 0) is 61.7 Å². The van der Waals surface area contributed by atoms with Crippen LogP contribution in [0.15, 0.2) is 53.5 Å². The van der Waals surface area contributed by atoms with E-state index in [9.17, 15) is 9.59 Å². The highest BCUT2D eigenvalue weighted by Crippen LogP contribution is 2.14. The first-order valence-electron chi connectivity index (χ1n) is 9.68. The number of rotatable bonds is 5. The van der Waals surface area contributed by atoms with Gasteiger partial charge in [-0.1, -0.05) is 12.1 Å². The van der Waals surface area contributed by atoms with Gasteiger partial charge in [0.1, 0.15) is 0 Å². The molecule has 0 spiro atoms. The summed E-state index contributed by atoms with van der Waals surface area (Å²) in [5.74, 6) is -0.0687. The number of amides is 2. The van der Waals surface area contributed by atoms with Gasteiger partial charge in [0.25, 0.3) is 5.91 Å². The Labute approximate surface area is 170 Å². The molecule has 1 heterocycles. The molecule has 2 amide bonds. The predicted molar refractivity (Wildman–Crippen MR) is 114 cm³/mol. The Bertz CT molecular complexity index is 887. The van der Waals surface area contributed by atoms with Crippen molar-refractivity contribution in [3.05, 3.63) is 59.7 Å². The summed E-state index contributed by atoms with van der Waals surface area (Å²) in [6, 6.07) is 14.5. The van der Waals surface area contributed by atoms with Crippen LogP contribution in [0.1, 0.15) is 35.7 Å². The van der Waals surface area contributed by atoms with E-state index in [0.717, 1.165) is 30.7 Å². The van der Waals surface area contributed by atoms with E-state index in [1.54, 1.807) is 24.3 Å². The lowest BCUT2D eigenvalue weighted by molar-refractivity contribution is -0.114. The highest BCUT2D eigenvalue weighted by atomic mass is 16.5. The Morgan fingerprint density at radius 2 is 1.90 bits per heavy atom. The van der Waals surface area contributed by atoms with E-state index < -0.39 is 0 Å². The Hall–Kier alpha value is -3.19. The highest BCUT2D eigenvalue weighted by Gasteiger charge is 2.16. The molecule has 1 atom stereocenters. The normalized spacial score (nSPS) is 16.3. The standard InChI is InChI=1S/C22H26N4O3/c1-15-5-3-6-19(13-15)25-22(23-14-20-7-4-12-29-20)26-21(28)17-8-10-18(11-9-17)24-16(2)27/h3,5-6,8-11,13,20H,4,7,12,14H2,1-2H3,(H,24,27)(H2,23,25,26,28). The van der Waals surface area contributed by atoms with E-state index in [1.807, 2.05) is 31.2 Å². The molecule has 2 aromatic carbocycles. The number of aliphatic imine (C=N–C) groups is 1. The largest absolute Gasteiger partial charge is 0.376 e. The van der Waals surface area contributed by atoms with Crippen molar-refractivity contribution in [2.45, 2.75) is 32.8 Å². The topological polar surface area (TPSA) is 91.8 Å². The fraction of sp³-hybridized carbons (Fsp3) is 0.318. The summed E-state index contributed by atoms with van der Waals surface area (Å²) in [4.78, 5) is 28.4. The van der Waals surface area contributed by atoms with E-state index in [2.05, 4.69) is 20.9 Å². The molecule has 0 aliphatic carbocycles. The first-order chi connectivity index (χ1) is 14.0. The molecule has 0 radical (unpaired) electrons. The van der Waals surface area contributed by atoms with Crippen LogP contribution in [0.5, 0.6) is 0 Å². The summed E-state index contributed by atoms with van der Waals surface area (Å²) in [5.41, 5.74) is 3.06. The molecule has 7 nitrogen and oxygen atoms in total. The van der Waals surface area contributed by atoms with Gasteiger partial charge in [-0.15, -0.1) is 0 Å². The highest BCUT2D eigenvalue weighted by molar-refractivity contribution is 6.10. The molecule has 152 valence electrons. The molecule has 3 rings (SSSR count). The lowest BCUT2D eigenvalue weighted by Gasteiger charge is -2.14. The Kier molecular flexibility index (Phi) is 6.97. The van der Waals surface area contributed by atoms with E-state index in [0.29, 0.717) is 23.8 Å². The van der Waals surface area contributed by atoms with Crippen molar-refractivity contribution in [1.29, 1.82) is 0 Å². The van der Waals surface area contributed by atoms with Gasteiger partial charge in [0.2, 0.25) is 11.9 Å². The molecule has 3 N–H and O–H groups in total. The number of aryl methyl sites for hydroxylation is 1. The third-order valence-electron chi connectivity index (χ3n) is 4.46. The van der Waals surface area contributed by atoms with Gasteiger partial charge in [0, 0.05) is 30.5 Å². The van der Waals surface area contributed by atoms with Crippen LogP contribution in [0, 0.1) is 6.92 Å². The van der Waals surface area contributed by atoms with Crippen LogP contribution in [0.3, 0.4) is 0 Å². The van der Waals surface area contributed by atoms with Crippen LogP contribution in [0.2, 0.25) is 0 Å². The van der Waals surface area contributed by atoms with E-state index in [1.165, 1.54) is 6.92 Å². The number of hydrogen-bond donors (Lipinski definition) is 3. The Morgan fingerprint density at radius 1 is 1.10 bits per heavy atom. The molecule has 1 unspecified atom stereocenters. The zero-order chi connectivity index (χ0) is 20.6. The van der Waals surface area contributed by atoms with Gasteiger partial charge in [-0.25, -0.2) is 4.99 Å². The van der Waals surface area contributed by atoms with Gasteiger partial charge < -0.3 is 15.4 Å². The number of nitrogens with zero attached hydrogens (tertiary/aromatic N) is 1. The van der Waals surface area contributed by atoms with Crippen LogP contribution < -0.4 is 16.0 Å². The van der Waals surface area contributed by atoms with Crippen LogP contribution >= 0.6 is 0 Å². The molecule has 1 aliphatic rings. The van der Waals surface area contributed by atoms with Crippen molar-refractivity contribution in [3.8, 4) is 0 Å². The van der Waals surface area contributed by atoms with Crippen LogP contribution in [0.25, 0.3) is 0 Å². The number of ether oxygens (including phenoxy) is 1. The maximum absolute atomic E-state index is 12.7. The molecule has 7 heteroatoms. The molecule has 29 heavy (non-hydrogen) atoms. The minimum Gasteiger partial charge on any atom is -0.376 e. The molecule has 0 aromatic heterocycles. The van der Waals surface area contributed by atoms with Crippen molar-refractivity contribution >= 4 is 29.1 Å². The fourth-order valence-electron chi connectivity index (χ4n) is 3.04. The number of nitrogens with one attached hydrogen (secondary N) is 3. The van der Waals surface area contributed by atoms with Crippen LogP contribution in [-0.4, -0.2) is 37.0 Å². The molecular formula is C22H26N4O3. The first kappa shape index (κ1) is 20.5. The summed E-state index contributed by atoms with van der Waals surface area (Å²) >= 11 is 0. The van der Waals surface area contributed by atoms with E-state index in [-0.39, 0.29) is 17.9 Å². The third kappa shape index (κ3) is 6.43. The minimum atomic E-state index is -0.286. The van der Waals surface area contributed by atoms with Crippen molar-refractivity contribution in [2.75, 3.05) is 23.8 Å². The second kappa shape index (κ2) is 9.84. The molecule has 0 bridgehead atoms. The van der Waals surface area contributed by atoms with Gasteiger partial charge in [0.15, 0.2) is 0 Å². The number of guanidine groups is 1. The summed E-state index contributed by atoms with van der Waals surface area (Å²) in [6.45, 7) is 4.68. The van der Waals surface area contributed by atoms with E-state index >= 15 is 0 Å². The monoisotopic (exact) mass is 394 g/mol. The Balaban J connectivity index is 1.71. The summed E-state index contributed by atoms with van der Waals surface area (Å²) in [7, 11) is 0. The SMILES string of the molecule is CC(=O)Nc1ccc(C(=O)NC(=NCC2CCCO2)Nc2cccc(C)c2)cc1. The Morgan fingerprint density at radius 3 is 2.55 bits per heavy atom. The molecule has 2 aromatic rings. The molecule has 1 saturated heterocycles. The first-order valence-corrected chi connectivity index (χ1v) is 9.68. The maximum atomic E-state index is 12.7. The number of benzene rings is 2. The number of carbonyl (C=O) groups is 2. The molecule has 0 saturated carbocycles. The van der Waals surface area contributed by atoms with Crippen molar-refractivity contribution in [3.63, 3.8) is 0 Å². The zero-order valence-electron chi connectivity index (χ0n) is 16.7. The second-order valence-corrected chi connectivity index (χ2v) is 7.03. The molecule has 1 aliphatic heterocycles. The summed E-state index contributed by atoms with van der Waals surface area (Å²) in [6.07, 6.45) is 2.09. The quantitative estimate of drug-likeness (QED) is 0.536. The molecule has 1 fully saturated rings. The number of carbonyl (C=O) groups excluding carboxylic acids is 2. The van der Waals surface area contributed by atoms with E-state index in [4.69, 9.17) is 4.74 Å². The summed E-state index contributed by atoms with van der Waals surface area (Å²) in [5, 5.41) is 8.71. The average molecular weight is 394 g/mol. The number of anilines is 2. The zero-order valence-corrected chi connectivity index (χ0v) is 16.7. The lowest BCUT2D eigenvalue weighted by atomic mass is 10.2. The van der Waals surface area contributed by atoms with Gasteiger partial charge in [0.05, 0.1) is 12.6 Å². The van der Waals surface area contributed by atoms with Crippen LogP contribution in [-0.2, 0) is 9.53 Å². The lowest BCUT2D eigenvalue weighted by Crippen LogP contribution is -2.36. The molecular weight excluding hydrogens is 368 g/mol. The maximum Gasteiger partial charge on any atom is 0.257 e. The smallest absolute Gasteiger partial charge is 0.257 e. The minimum absolute atomic E-state index is 0.0816. The van der Waals surface area contributed by atoms with Crippen molar-refractivity contribution in [2.24, 2.45) is 4.99 Å². The second-order valence-electron chi connectivity index (χ2n) is 7.03. The van der Waals surface area contributed by atoms with Crippen LogP contribution in [0.4, 0.5) is 11.4 Å². The fourth-order valence-corrected chi connectivity index (χ4v) is 3.04. The van der Waals surface area contributed by atoms with Gasteiger partial charge in [-0.2, -0.15) is 0 Å². The summed E-state index contributed by atoms with van der Waals surface area (Å²) < 4.78 is 5.63. The number of hydrogen-bond acceptors (Lipinski definition) is 4. The van der Waals surface area contributed by atoms with Crippen molar-refractivity contribution < 1.29 is 14.3 Å². The average Bonchev–Trinajstić information content (AvgIpc) is 3.20. The van der Waals surface area contributed by atoms with Gasteiger partial charge in [-0.3, -0.25) is 14.9 Å². The van der Waals surface area contributed by atoms with Gasteiger partial charge >= 0.3 is 0 Å². The predicted octanol–water partition coefficient (Wildman–Crippen LogP) is 3.33. The van der Waals surface area contributed by atoms with Crippen molar-refractivity contribution in [1.82, 2.24) is 5.32 Å². The third-order valence-corrected chi connectivity index (χ3v) is 4.46.